The molecule has 1 amide bonds. The number of hydrogen-bond donors (Lipinski definition) is 1. The number of carbonyl (C=O) groups excluding carboxylic acids is 1. The highest BCUT2D eigenvalue weighted by atomic mass is 32.1. The number of hydrogen-bond acceptors (Lipinski definition) is 5. The van der Waals surface area contributed by atoms with Crippen molar-refractivity contribution in [2.24, 2.45) is 0 Å². The lowest BCUT2D eigenvalue weighted by Gasteiger charge is -2.08. The third-order valence-corrected chi connectivity index (χ3v) is 5.05. The lowest BCUT2D eigenvalue weighted by molar-refractivity contribution is -0.115. The topological polar surface area (TPSA) is 64.1 Å². The molecule has 4 rings (SSSR count). The van der Waals surface area contributed by atoms with Crippen LogP contribution in [0.15, 0.2) is 78.3 Å². The SMILES string of the molecule is Cc1cccc(Oc2ccc(NC(=O)Cc3csc(-c4ccccn4)n3)cc2)c1. The van der Waals surface area contributed by atoms with Crippen LogP contribution in [0.25, 0.3) is 10.7 Å². The zero-order chi connectivity index (χ0) is 20.1. The van der Waals surface area contributed by atoms with Gasteiger partial charge in [0.2, 0.25) is 5.91 Å². The highest BCUT2D eigenvalue weighted by Crippen LogP contribution is 2.24. The van der Waals surface area contributed by atoms with Gasteiger partial charge in [-0.3, -0.25) is 9.78 Å². The van der Waals surface area contributed by atoms with Crippen LogP contribution in [-0.2, 0) is 11.2 Å². The molecule has 0 radical (unpaired) electrons. The van der Waals surface area contributed by atoms with Gasteiger partial charge in [-0.2, -0.15) is 0 Å². The van der Waals surface area contributed by atoms with Crippen molar-refractivity contribution in [1.29, 1.82) is 0 Å². The van der Waals surface area contributed by atoms with Crippen LogP contribution in [0.5, 0.6) is 11.5 Å². The summed E-state index contributed by atoms with van der Waals surface area (Å²) >= 11 is 1.48. The summed E-state index contributed by atoms with van der Waals surface area (Å²) in [6, 6.07) is 20.9. The number of amides is 1. The van der Waals surface area contributed by atoms with E-state index >= 15 is 0 Å². The molecule has 5 nitrogen and oxygen atoms in total. The predicted octanol–water partition coefficient (Wildman–Crippen LogP) is 5.49. The summed E-state index contributed by atoms with van der Waals surface area (Å²) in [6.07, 6.45) is 1.94. The molecule has 0 aliphatic rings. The van der Waals surface area contributed by atoms with E-state index in [0.29, 0.717) is 11.4 Å². The van der Waals surface area contributed by atoms with Gasteiger partial charge in [-0.05, 0) is 61.0 Å². The number of aromatic nitrogens is 2. The number of rotatable bonds is 6. The Hall–Kier alpha value is -3.51. The number of carbonyl (C=O) groups is 1. The van der Waals surface area contributed by atoms with Crippen LogP contribution in [0.1, 0.15) is 11.3 Å². The average Bonchev–Trinajstić information content (AvgIpc) is 3.18. The van der Waals surface area contributed by atoms with Gasteiger partial charge in [-0.1, -0.05) is 18.2 Å². The standard InChI is InChI=1S/C23H19N3O2S/c1-16-5-4-6-20(13-16)28-19-10-8-17(9-11-19)25-22(27)14-18-15-29-23(26-18)21-7-2-3-12-24-21/h2-13,15H,14H2,1H3,(H,25,27). The van der Waals surface area contributed by atoms with E-state index in [1.165, 1.54) is 11.3 Å². The van der Waals surface area contributed by atoms with Crippen LogP contribution in [0.3, 0.4) is 0 Å². The van der Waals surface area contributed by atoms with E-state index in [4.69, 9.17) is 4.74 Å². The fourth-order valence-electron chi connectivity index (χ4n) is 2.79. The van der Waals surface area contributed by atoms with Gasteiger partial charge >= 0.3 is 0 Å². The summed E-state index contributed by atoms with van der Waals surface area (Å²) in [6.45, 7) is 2.02. The molecule has 4 aromatic rings. The van der Waals surface area contributed by atoms with Crippen LogP contribution in [0, 0.1) is 6.92 Å². The van der Waals surface area contributed by atoms with Crippen LogP contribution in [-0.4, -0.2) is 15.9 Å². The van der Waals surface area contributed by atoms with Crippen molar-refractivity contribution in [3.63, 3.8) is 0 Å². The van der Waals surface area contributed by atoms with E-state index in [1.807, 2.05) is 79.0 Å². The van der Waals surface area contributed by atoms with Gasteiger partial charge in [-0.15, -0.1) is 11.3 Å². The highest BCUT2D eigenvalue weighted by molar-refractivity contribution is 7.13. The number of nitrogens with zero attached hydrogens (tertiary/aromatic N) is 2. The lowest BCUT2D eigenvalue weighted by atomic mass is 10.2. The van der Waals surface area contributed by atoms with Crippen molar-refractivity contribution in [1.82, 2.24) is 9.97 Å². The van der Waals surface area contributed by atoms with E-state index in [9.17, 15) is 4.79 Å². The maximum absolute atomic E-state index is 12.3. The minimum Gasteiger partial charge on any atom is -0.457 e. The molecule has 2 heterocycles. The Balaban J connectivity index is 1.34. The van der Waals surface area contributed by atoms with E-state index < -0.39 is 0 Å². The van der Waals surface area contributed by atoms with E-state index in [-0.39, 0.29) is 12.3 Å². The Morgan fingerprint density at radius 3 is 2.66 bits per heavy atom. The molecule has 0 atom stereocenters. The number of aryl methyl sites for hydroxylation is 1. The Morgan fingerprint density at radius 1 is 1.03 bits per heavy atom. The second-order valence-corrected chi connectivity index (χ2v) is 7.38. The molecule has 6 heteroatoms. The second-order valence-electron chi connectivity index (χ2n) is 6.53. The fraction of sp³-hybridized carbons (Fsp3) is 0.0870. The largest absolute Gasteiger partial charge is 0.457 e. The monoisotopic (exact) mass is 401 g/mol. The van der Waals surface area contributed by atoms with Crippen LogP contribution < -0.4 is 10.1 Å². The summed E-state index contributed by atoms with van der Waals surface area (Å²) in [5.74, 6) is 1.39. The second kappa shape index (κ2) is 8.67. The molecule has 2 aromatic carbocycles. The molecule has 0 saturated heterocycles. The normalized spacial score (nSPS) is 10.5. The molecule has 1 N–H and O–H groups in total. The summed E-state index contributed by atoms with van der Waals surface area (Å²) in [5.41, 5.74) is 3.40. The zero-order valence-corrected chi connectivity index (χ0v) is 16.6. The number of ether oxygens (including phenoxy) is 1. The number of pyridine rings is 1. The first kappa shape index (κ1) is 18.8. The van der Waals surface area contributed by atoms with Gasteiger partial charge in [0.15, 0.2) is 0 Å². The zero-order valence-electron chi connectivity index (χ0n) is 15.8. The smallest absolute Gasteiger partial charge is 0.230 e. The molecule has 0 aliphatic heterocycles. The first-order valence-electron chi connectivity index (χ1n) is 9.16. The number of nitrogens with one attached hydrogen (secondary N) is 1. The maximum atomic E-state index is 12.3. The Morgan fingerprint density at radius 2 is 1.90 bits per heavy atom. The molecule has 144 valence electrons. The summed E-state index contributed by atoms with van der Waals surface area (Å²) in [7, 11) is 0. The average molecular weight is 401 g/mol. The Kier molecular flexibility index (Phi) is 5.63. The van der Waals surface area contributed by atoms with Crippen molar-refractivity contribution < 1.29 is 9.53 Å². The van der Waals surface area contributed by atoms with Gasteiger partial charge in [0.25, 0.3) is 0 Å². The number of anilines is 1. The van der Waals surface area contributed by atoms with Crippen LogP contribution >= 0.6 is 11.3 Å². The molecule has 29 heavy (non-hydrogen) atoms. The van der Waals surface area contributed by atoms with E-state index in [0.717, 1.165) is 27.7 Å². The van der Waals surface area contributed by atoms with Gasteiger partial charge in [-0.25, -0.2) is 4.98 Å². The quantitative estimate of drug-likeness (QED) is 0.464. The van der Waals surface area contributed by atoms with Crippen molar-refractivity contribution in [2.75, 3.05) is 5.32 Å². The van der Waals surface area contributed by atoms with Crippen molar-refractivity contribution in [3.05, 3.63) is 89.6 Å². The Bertz CT molecular complexity index is 1110. The van der Waals surface area contributed by atoms with Crippen molar-refractivity contribution in [3.8, 4) is 22.2 Å². The third-order valence-electron chi connectivity index (χ3n) is 4.14. The third kappa shape index (κ3) is 5.06. The molecule has 0 spiro atoms. The molecule has 0 bridgehead atoms. The summed E-state index contributed by atoms with van der Waals surface area (Å²) in [5, 5.41) is 5.60. The Labute approximate surface area is 173 Å². The first-order chi connectivity index (χ1) is 14.2. The summed E-state index contributed by atoms with van der Waals surface area (Å²) < 4.78 is 5.83. The van der Waals surface area contributed by atoms with Crippen molar-refractivity contribution in [2.45, 2.75) is 13.3 Å². The molecule has 0 unspecified atom stereocenters. The van der Waals surface area contributed by atoms with Crippen molar-refractivity contribution >= 4 is 22.9 Å². The van der Waals surface area contributed by atoms with E-state index in [2.05, 4.69) is 15.3 Å². The first-order valence-corrected chi connectivity index (χ1v) is 10.0. The molecular weight excluding hydrogens is 382 g/mol. The van der Waals surface area contributed by atoms with Crippen LogP contribution in [0.4, 0.5) is 5.69 Å². The minimum absolute atomic E-state index is 0.116. The van der Waals surface area contributed by atoms with Gasteiger partial charge in [0.1, 0.15) is 16.5 Å². The fourth-order valence-corrected chi connectivity index (χ4v) is 3.58. The summed E-state index contributed by atoms with van der Waals surface area (Å²) in [4.78, 5) is 21.1. The highest BCUT2D eigenvalue weighted by Gasteiger charge is 2.10. The van der Waals surface area contributed by atoms with Gasteiger partial charge in [0.05, 0.1) is 17.8 Å². The molecule has 2 aromatic heterocycles. The van der Waals surface area contributed by atoms with Crippen LogP contribution in [0.2, 0.25) is 0 Å². The predicted molar refractivity (Wildman–Crippen MR) is 115 cm³/mol. The van der Waals surface area contributed by atoms with E-state index in [1.54, 1.807) is 6.20 Å². The lowest BCUT2D eigenvalue weighted by Crippen LogP contribution is -2.14. The number of thiazole rings is 1. The molecule has 0 saturated carbocycles. The maximum Gasteiger partial charge on any atom is 0.230 e. The van der Waals surface area contributed by atoms with Gasteiger partial charge < -0.3 is 10.1 Å². The van der Waals surface area contributed by atoms with Gasteiger partial charge in [0, 0.05) is 17.3 Å². The minimum atomic E-state index is -0.116. The molecular formula is C23H19N3O2S. The molecule has 0 fully saturated rings. The number of benzene rings is 2. The molecule has 0 aliphatic carbocycles.